The fourth-order valence-electron chi connectivity index (χ4n) is 2.91. The molecule has 6 heteroatoms. The number of aliphatic hydroxyl groups is 1. The Balaban J connectivity index is 0.00000176. The third-order valence-corrected chi connectivity index (χ3v) is 4.10. The quantitative estimate of drug-likeness (QED) is 0.579. The second kappa shape index (κ2) is 8.62. The average molecular weight is 370 g/mol. The van der Waals surface area contributed by atoms with Crippen molar-refractivity contribution >= 4 is 11.0 Å². The van der Waals surface area contributed by atoms with Gasteiger partial charge in [-0.15, -0.1) is 0 Å². The fraction of sp³-hybridized carbons (Fsp3) is 0.562. The summed E-state index contributed by atoms with van der Waals surface area (Å²) in [5.41, 5.74) is 2.51. The highest BCUT2D eigenvalue weighted by Gasteiger charge is 2.16. The van der Waals surface area contributed by atoms with Gasteiger partial charge in [-0.3, -0.25) is 4.90 Å². The van der Waals surface area contributed by atoms with Gasteiger partial charge in [-0.25, -0.2) is 9.13 Å². The van der Waals surface area contributed by atoms with Gasteiger partial charge in [0.15, 0.2) is 11.0 Å². The number of hydrogen-bond acceptors (Lipinski definition) is 3. The van der Waals surface area contributed by atoms with Gasteiger partial charge in [0, 0.05) is 32.7 Å². The average Bonchev–Trinajstić information content (AvgIpc) is 2.90. The van der Waals surface area contributed by atoms with Gasteiger partial charge >= 0.3 is 0 Å². The number of para-hydroxylation sites is 2. The Kier molecular flexibility index (Phi) is 6.82. The van der Waals surface area contributed by atoms with E-state index in [2.05, 4.69) is 44.6 Å². The Morgan fingerprint density at radius 2 is 1.91 bits per heavy atom. The van der Waals surface area contributed by atoms with E-state index in [4.69, 9.17) is 9.84 Å². The van der Waals surface area contributed by atoms with Crippen molar-refractivity contribution in [2.24, 2.45) is 0 Å². The van der Waals surface area contributed by atoms with Crippen molar-refractivity contribution in [1.82, 2.24) is 9.47 Å². The highest BCUT2D eigenvalue weighted by atomic mass is 79.9. The van der Waals surface area contributed by atoms with Crippen molar-refractivity contribution in [2.45, 2.75) is 19.5 Å². The molecule has 1 aromatic carbocycles. The van der Waals surface area contributed by atoms with Crippen LogP contribution in [0.2, 0.25) is 0 Å². The second-order valence-corrected chi connectivity index (χ2v) is 5.52. The molecule has 1 N–H and O–H groups in total. The summed E-state index contributed by atoms with van der Waals surface area (Å²) in [5, 5.41) is 9.04. The Labute approximate surface area is 141 Å². The van der Waals surface area contributed by atoms with E-state index in [1.807, 2.05) is 0 Å². The maximum Gasteiger partial charge on any atom is 0.244 e. The summed E-state index contributed by atoms with van der Waals surface area (Å²) in [6, 6.07) is 8.48. The van der Waals surface area contributed by atoms with Crippen LogP contribution < -0.4 is 21.5 Å². The van der Waals surface area contributed by atoms with E-state index in [1.54, 1.807) is 0 Å². The summed E-state index contributed by atoms with van der Waals surface area (Å²) < 4.78 is 9.96. The highest BCUT2D eigenvalue weighted by molar-refractivity contribution is 5.71. The molecule has 1 fully saturated rings. The van der Waals surface area contributed by atoms with Crippen LogP contribution in [0.25, 0.3) is 11.0 Å². The van der Waals surface area contributed by atoms with Gasteiger partial charge in [0.2, 0.25) is 6.33 Å². The minimum atomic E-state index is 0. The van der Waals surface area contributed by atoms with Crippen LogP contribution in [0.15, 0.2) is 30.6 Å². The Morgan fingerprint density at radius 1 is 1.14 bits per heavy atom. The molecule has 122 valence electrons. The number of benzene rings is 1. The van der Waals surface area contributed by atoms with Crippen LogP contribution in [-0.2, 0) is 17.8 Å². The molecule has 0 spiro atoms. The monoisotopic (exact) mass is 369 g/mol. The van der Waals surface area contributed by atoms with Gasteiger partial charge in [-0.2, -0.15) is 0 Å². The van der Waals surface area contributed by atoms with E-state index < -0.39 is 0 Å². The van der Waals surface area contributed by atoms with Gasteiger partial charge < -0.3 is 26.8 Å². The van der Waals surface area contributed by atoms with E-state index in [0.29, 0.717) is 0 Å². The first-order valence-electron chi connectivity index (χ1n) is 7.77. The summed E-state index contributed by atoms with van der Waals surface area (Å²) in [7, 11) is 0. The molecule has 0 amide bonds. The molecule has 0 unspecified atom stereocenters. The molecule has 2 heterocycles. The SMILES string of the molecule is OCCC[n+]1cn(CCN2CCOCC2)c2ccccc21.[Br-]. The largest absolute Gasteiger partial charge is 1.00 e. The predicted molar refractivity (Wildman–Crippen MR) is 81.1 cm³/mol. The second-order valence-electron chi connectivity index (χ2n) is 5.52. The third-order valence-electron chi connectivity index (χ3n) is 4.10. The van der Waals surface area contributed by atoms with E-state index in [0.717, 1.165) is 52.4 Å². The molecule has 22 heavy (non-hydrogen) atoms. The summed E-state index contributed by atoms with van der Waals surface area (Å²) in [4.78, 5) is 2.45. The lowest BCUT2D eigenvalue weighted by atomic mass is 10.3. The molecule has 2 aromatic rings. The number of nitrogens with zero attached hydrogens (tertiary/aromatic N) is 3. The number of hydrogen-bond donors (Lipinski definition) is 1. The van der Waals surface area contributed by atoms with E-state index in [9.17, 15) is 0 Å². The van der Waals surface area contributed by atoms with Crippen molar-refractivity contribution in [3.05, 3.63) is 30.6 Å². The maximum absolute atomic E-state index is 9.04. The predicted octanol–water partition coefficient (Wildman–Crippen LogP) is -2.35. The molecule has 0 bridgehead atoms. The summed E-state index contributed by atoms with van der Waals surface area (Å²) >= 11 is 0. The molecule has 3 rings (SSSR count). The molecular formula is C16H24BrN3O2. The number of aryl methyl sites for hydroxylation is 1. The maximum atomic E-state index is 9.04. The van der Waals surface area contributed by atoms with E-state index in [-0.39, 0.29) is 23.6 Å². The molecule has 0 radical (unpaired) electrons. The summed E-state index contributed by atoms with van der Waals surface area (Å²) in [6.07, 6.45) is 2.98. The van der Waals surface area contributed by atoms with Gasteiger partial charge in [0.25, 0.3) is 0 Å². The van der Waals surface area contributed by atoms with Crippen LogP contribution in [0.3, 0.4) is 0 Å². The molecule has 0 atom stereocenters. The zero-order chi connectivity index (χ0) is 14.5. The van der Waals surface area contributed by atoms with Crippen molar-refractivity contribution in [3.8, 4) is 0 Å². The first-order chi connectivity index (χ1) is 10.4. The van der Waals surface area contributed by atoms with Crippen LogP contribution in [-0.4, -0.2) is 54.0 Å². The lowest BCUT2D eigenvalue weighted by Gasteiger charge is -2.25. The van der Waals surface area contributed by atoms with Gasteiger partial charge in [-0.1, -0.05) is 12.1 Å². The highest BCUT2D eigenvalue weighted by Crippen LogP contribution is 2.11. The van der Waals surface area contributed by atoms with Crippen molar-refractivity contribution in [3.63, 3.8) is 0 Å². The Hall–Kier alpha value is -0.950. The molecular weight excluding hydrogens is 346 g/mol. The van der Waals surface area contributed by atoms with Crippen molar-refractivity contribution < 1.29 is 31.4 Å². The zero-order valence-corrected chi connectivity index (χ0v) is 14.4. The number of aromatic nitrogens is 2. The van der Waals surface area contributed by atoms with Gasteiger partial charge in [0.05, 0.1) is 19.8 Å². The molecule has 1 aliphatic rings. The molecule has 1 aromatic heterocycles. The molecule has 0 saturated carbocycles. The van der Waals surface area contributed by atoms with Crippen molar-refractivity contribution in [1.29, 1.82) is 0 Å². The summed E-state index contributed by atoms with van der Waals surface area (Å²) in [5.74, 6) is 0. The minimum Gasteiger partial charge on any atom is -1.00 e. The smallest absolute Gasteiger partial charge is 0.244 e. The van der Waals surface area contributed by atoms with Crippen molar-refractivity contribution in [2.75, 3.05) is 39.5 Å². The summed E-state index contributed by atoms with van der Waals surface area (Å²) in [6.45, 7) is 6.91. The Morgan fingerprint density at radius 3 is 2.68 bits per heavy atom. The molecule has 5 nitrogen and oxygen atoms in total. The molecule has 0 aliphatic carbocycles. The lowest BCUT2D eigenvalue weighted by Crippen LogP contribution is -3.00. The number of halogens is 1. The number of fused-ring (bicyclic) bond motifs is 1. The van der Waals surface area contributed by atoms with Crippen LogP contribution in [0, 0.1) is 0 Å². The van der Waals surface area contributed by atoms with Crippen LogP contribution >= 0.6 is 0 Å². The van der Waals surface area contributed by atoms with Crippen LogP contribution in [0.5, 0.6) is 0 Å². The lowest BCUT2D eigenvalue weighted by molar-refractivity contribution is -0.672. The number of imidazole rings is 1. The van der Waals surface area contributed by atoms with E-state index >= 15 is 0 Å². The van der Waals surface area contributed by atoms with E-state index in [1.165, 1.54) is 11.0 Å². The fourth-order valence-corrected chi connectivity index (χ4v) is 2.91. The van der Waals surface area contributed by atoms with Gasteiger partial charge in [-0.05, 0) is 12.1 Å². The van der Waals surface area contributed by atoms with Crippen LogP contribution in [0.4, 0.5) is 0 Å². The Bertz CT molecular complexity index is 582. The third kappa shape index (κ3) is 4.07. The molecule has 1 saturated heterocycles. The van der Waals surface area contributed by atoms with Gasteiger partial charge in [0.1, 0.15) is 6.54 Å². The number of ether oxygens (including phenoxy) is 1. The number of aliphatic hydroxyl groups excluding tert-OH is 1. The minimum absolute atomic E-state index is 0. The number of morpholine rings is 1. The topological polar surface area (TPSA) is 41.5 Å². The van der Waals surface area contributed by atoms with Crippen LogP contribution in [0.1, 0.15) is 6.42 Å². The normalized spacial score (nSPS) is 15.9. The standard InChI is InChI=1S/C16H24N3O2.BrH/c20-11-3-6-18-14-19(16-5-2-1-4-15(16)18)8-7-17-9-12-21-13-10-17;/h1-2,4-5,14,20H,3,6-13H2;1H/q+1;/p-1. The first kappa shape index (κ1) is 17.4. The number of rotatable bonds is 6. The first-order valence-corrected chi connectivity index (χ1v) is 7.77. The zero-order valence-electron chi connectivity index (χ0n) is 12.8. The molecule has 1 aliphatic heterocycles.